The van der Waals surface area contributed by atoms with Crippen LogP contribution in [0.1, 0.15) is 339 Å². The molecule has 0 spiro atoms. The van der Waals surface area contributed by atoms with E-state index < -0.39 is 42.8 Å². The van der Waals surface area contributed by atoms with Gasteiger partial charge in [-0.2, -0.15) is 0 Å². The topological polar surface area (TPSA) is 187 Å². The molecule has 0 radical (unpaired) electrons. The summed E-state index contributed by atoms with van der Waals surface area (Å²) >= 11 is 0. The maximum atomic E-state index is 13.8. The normalized spacial score (nSPS) is 13.0. The second-order valence-corrected chi connectivity index (χ2v) is 24.0. The number of hydrogen-bond donors (Lipinski definition) is 7. The molecule has 12 heteroatoms. The monoisotopic (exact) mass is 1150 g/mol. The van der Waals surface area contributed by atoms with Gasteiger partial charge >= 0.3 is 0 Å². The van der Waals surface area contributed by atoms with Gasteiger partial charge in [-0.1, -0.05) is 310 Å². The summed E-state index contributed by atoms with van der Waals surface area (Å²) in [6.45, 7) is 7.38. The number of nitrogens with one attached hydrogen (secondary N) is 2. The Balaban J connectivity index is 2.91. The first kappa shape index (κ1) is 76.4. The van der Waals surface area contributed by atoms with Crippen LogP contribution in [0.4, 0.5) is 0 Å². The minimum Gasteiger partial charge on any atom is -0.490 e. The molecule has 4 atom stereocenters. The summed E-state index contributed by atoms with van der Waals surface area (Å²) in [6, 6.07) is 3.44. The molecular formula is C69H130N2O10. The molecule has 81 heavy (non-hydrogen) atoms. The third kappa shape index (κ3) is 44.5. The van der Waals surface area contributed by atoms with E-state index in [1.165, 1.54) is 257 Å². The van der Waals surface area contributed by atoms with Crippen molar-refractivity contribution >= 4 is 11.8 Å². The summed E-state index contributed by atoms with van der Waals surface area (Å²) in [5.74, 6) is 0.0950. The fourth-order valence-electron chi connectivity index (χ4n) is 10.8. The second kappa shape index (κ2) is 57.8. The van der Waals surface area contributed by atoms with Crippen molar-refractivity contribution in [2.45, 2.75) is 353 Å². The van der Waals surface area contributed by atoms with Crippen LogP contribution >= 0.6 is 0 Å². The van der Waals surface area contributed by atoms with E-state index in [0.29, 0.717) is 42.6 Å². The molecule has 0 aromatic heterocycles. The molecule has 0 aliphatic rings. The van der Waals surface area contributed by atoms with Crippen molar-refractivity contribution in [2.75, 3.05) is 39.5 Å². The lowest BCUT2D eigenvalue weighted by Crippen LogP contribution is -2.52. The molecule has 0 bridgehead atoms. The lowest BCUT2D eigenvalue weighted by molar-refractivity contribution is -0.148. The van der Waals surface area contributed by atoms with E-state index in [1.54, 1.807) is 12.1 Å². The summed E-state index contributed by atoms with van der Waals surface area (Å²) in [6.07, 6.45) is 54.3. The summed E-state index contributed by atoms with van der Waals surface area (Å²) in [5.41, 5.74) is 0.330. The number of amides is 2. The third-order valence-electron chi connectivity index (χ3n) is 16.3. The molecule has 1 aromatic rings. The van der Waals surface area contributed by atoms with E-state index in [4.69, 9.17) is 19.3 Å². The number of ether oxygens (including phenoxy) is 3. The first-order valence-corrected chi connectivity index (χ1v) is 34.7. The highest BCUT2D eigenvalue weighted by molar-refractivity contribution is 5.95. The molecular weight excluding hydrogens is 1020 g/mol. The van der Waals surface area contributed by atoms with Crippen molar-refractivity contribution < 1.29 is 49.3 Å². The Hall–Kier alpha value is -2.64. The molecule has 1 rings (SSSR count). The van der Waals surface area contributed by atoms with Crippen molar-refractivity contribution in [3.63, 3.8) is 0 Å². The highest BCUT2D eigenvalue weighted by Gasteiger charge is 2.34. The maximum absolute atomic E-state index is 13.8. The van der Waals surface area contributed by atoms with E-state index in [-0.39, 0.29) is 13.1 Å². The van der Waals surface area contributed by atoms with Gasteiger partial charge in [-0.3, -0.25) is 9.59 Å². The van der Waals surface area contributed by atoms with Crippen LogP contribution in [-0.4, -0.2) is 101 Å². The van der Waals surface area contributed by atoms with Crippen molar-refractivity contribution in [1.29, 1.82) is 0 Å². The SMILES string of the molecule is CCCCCCCCCCCCCCCCCCOc1cc(C(=O)NCCNC(=O)[C@@H](O)[C@H](O)[C@H](O)[C@H](O)CO)cc(OCCCCCCCCCCCCCCCCCC)c1OCCCCCCCCCCCCCCCCCC. The standard InChI is InChI=1S/C69H130N2O10/c1-4-7-10-13-16-19-22-25-28-31-34-37-40-43-46-49-54-79-62-57-60(68(77)70-52-53-71-69(78)66(76)65(75)64(74)61(73)59-72)58-63(80-55-50-47-44-41-38-35-32-29-26-23-20-17-14-11-8-5-2)67(62)81-56-51-48-45-42-39-36-33-30-27-24-21-18-15-12-9-6-3/h57-58,61,64-66,72-76H,4-56,59H2,1-3H3,(H,70,77)(H,71,78)/t61-,64-,65-,66+/m1/s1. The first-order valence-electron chi connectivity index (χ1n) is 34.7. The molecule has 0 heterocycles. The number of carbonyl (C=O) groups is 2. The number of unbranched alkanes of at least 4 members (excludes halogenated alkanes) is 45. The quantitative estimate of drug-likeness (QED) is 0.0310. The van der Waals surface area contributed by atoms with Crippen molar-refractivity contribution in [2.24, 2.45) is 0 Å². The number of aliphatic hydroxyl groups excluding tert-OH is 5. The van der Waals surface area contributed by atoms with E-state index in [1.807, 2.05) is 0 Å². The molecule has 0 aliphatic carbocycles. The van der Waals surface area contributed by atoms with Crippen LogP contribution in [0.2, 0.25) is 0 Å². The Bertz CT molecular complexity index is 1470. The zero-order chi connectivity index (χ0) is 58.9. The van der Waals surface area contributed by atoms with Gasteiger partial charge in [-0.15, -0.1) is 0 Å². The second-order valence-electron chi connectivity index (χ2n) is 24.0. The zero-order valence-corrected chi connectivity index (χ0v) is 52.9. The Morgan fingerprint density at radius 2 is 0.630 bits per heavy atom. The van der Waals surface area contributed by atoms with Crippen LogP contribution in [0.5, 0.6) is 17.2 Å². The van der Waals surface area contributed by atoms with Crippen molar-refractivity contribution in [1.82, 2.24) is 10.6 Å². The van der Waals surface area contributed by atoms with Crippen LogP contribution in [-0.2, 0) is 4.79 Å². The summed E-state index contributed by atoms with van der Waals surface area (Å²) in [7, 11) is 0. The lowest BCUT2D eigenvalue weighted by Gasteiger charge is -2.24. The Labute approximate surface area is 497 Å². The van der Waals surface area contributed by atoms with Gasteiger partial charge in [0, 0.05) is 18.7 Å². The Morgan fingerprint density at radius 1 is 0.370 bits per heavy atom. The van der Waals surface area contributed by atoms with E-state index in [0.717, 1.165) is 51.4 Å². The van der Waals surface area contributed by atoms with E-state index >= 15 is 0 Å². The summed E-state index contributed by atoms with van der Waals surface area (Å²) < 4.78 is 19.6. The predicted octanol–water partition coefficient (Wildman–Crippen LogP) is 16.9. The number of rotatable bonds is 63. The Kier molecular flexibility index (Phi) is 54.5. The minimum absolute atomic E-state index is 0.00250. The smallest absolute Gasteiger partial charge is 0.251 e. The molecule has 0 saturated carbocycles. The third-order valence-corrected chi connectivity index (χ3v) is 16.3. The fraction of sp³-hybridized carbons (Fsp3) is 0.884. The molecule has 1 aromatic carbocycles. The first-order chi connectivity index (χ1) is 39.7. The van der Waals surface area contributed by atoms with Crippen molar-refractivity contribution in [3.05, 3.63) is 17.7 Å². The van der Waals surface area contributed by atoms with Gasteiger partial charge in [0.2, 0.25) is 5.75 Å². The zero-order valence-electron chi connectivity index (χ0n) is 52.9. The average molecular weight is 1150 g/mol. The van der Waals surface area contributed by atoms with Crippen LogP contribution in [0.25, 0.3) is 0 Å². The lowest BCUT2D eigenvalue weighted by atomic mass is 10.0. The van der Waals surface area contributed by atoms with Crippen LogP contribution in [0.3, 0.4) is 0 Å². The highest BCUT2D eigenvalue weighted by atomic mass is 16.5. The summed E-state index contributed by atoms with van der Waals surface area (Å²) in [4.78, 5) is 26.3. The largest absolute Gasteiger partial charge is 0.490 e. The van der Waals surface area contributed by atoms with Crippen LogP contribution in [0.15, 0.2) is 12.1 Å². The average Bonchev–Trinajstić information content (AvgIpc) is 3.51. The maximum Gasteiger partial charge on any atom is 0.251 e. The summed E-state index contributed by atoms with van der Waals surface area (Å²) in [5, 5.41) is 54.4. The molecule has 0 unspecified atom stereocenters. The van der Waals surface area contributed by atoms with Gasteiger partial charge in [0.05, 0.1) is 26.4 Å². The molecule has 0 saturated heterocycles. The fourth-order valence-corrected chi connectivity index (χ4v) is 10.8. The van der Waals surface area contributed by atoms with Crippen molar-refractivity contribution in [3.8, 4) is 17.2 Å². The minimum atomic E-state index is -2.06. The van der Waals surface area contributed by atoms with Gasteiger partial charge in [0.25, 0.3) is 11.8 Å². The number of benzene rings is 1. The van der Waals surface area contributed by atoms with E-state index in [2.05, 4.69) is 31.4 Å². The highest BCUT2D eigenvalue weighted by Crippen LogP contribution is 2.40. The number of carbonyl (C=O) groups excluding carboxylic acids is 2. The van der Waals surface area contributed by atoms with Gasteiger partial charge in [0.1, 0.15) is 18.3 Å². The number of hydrogen-bond acceptors (Lipinski definition) is 10. The van der Waals surface area contributed by atoms with Gasteiger partial charge < -0.3 is 50.4 Å². The molecule has 7 N–H and O–H groups in total. The molecule has 2 amide bonds. The molecule has 476 valence electrons. The van der Waals surface area contributed by atoms with Gasteiger partial charge in [0.15, 0.2) is 17.6 Å². The van der Waals surface area contributed by atoms with Crippen LogP contribution < -0.4 is 24.8 Å². The molecule has 0 aliphatic heterocycles. The Morgan fingerprint density at radius 3 is 0.914 bits per heavy atom. The predicted molar refractivity (Wildman–Crippen MR) is 338 cm³/mol. The number of aliphatic hydroxyl groups is 5. The molecule has 12 nitrogen and oxygen atoms in total. The molecule has 0 fully saturated rings. The van der Waals surface area contributed by atoms with E-state index in [9.17, 15) is 30.0 Å². The van der Waals surface area contributed by atoms with Crippen LogP contribution in [0, 0.1) is 0 Å². The van der Waals surface area contributed by atoms with Gasteiger partial charge in [-0.25, -0.2) is 0 Å². The van der Waals surface area contributed by atoms with Gasteiger partial charge in [-0.05, 0) is 31.4 Å².